The third kappa shape index (κ3) is 3.36. The molecule has 2 N–H and O–H groups in total. The Kier molecular flexibility index (Phi) is 4.11. The van der Waals surface area contributed by atoms with Crippen LogP contribution in [0, 0.1) is 11.3 Å². The Morgan fingerprint density at radius 3 is 2.69 bits per heavy atom. The first-order valence-electron chi connectivity index (χ1n) is 9.82. The number of halogens is 3. The van der Waals surface area contributed by atoms with Gasteiger partial charge < -0.3 is 9.80 Å². The fourth-order valence-corrected chi connectivity index (χ4v) is 5.17. The van der Waals surface area contributed by atoms with E-state index in [9.17, 15) is 18.0 Å². The number of carbonyl (C=O) groups excluding carboxylic acids is 1. The number of nitrogens with zero attached hydrogens (tertiary/aromatic N) is 5. The van der Waals surface area contributed by atoms with Gasteiger partial charge in [0, 0.05) is 43.2 Å². The summed E-state index contributed by atoms with van der Waals surface area (Å²) in [5.41, 5.74) is 0.713. The Labute approximate surface area is 164 Å². The van der Waals surface area contributed by atoms with Crippen LogP contribution >= 0.6 is 0 Å². The van der Waals surface area contributed by atoms with Crippen molar-refractivity contribution in [3.05, 3.63) is 29.3 Å². The van der Waals surface area contributed by atoms with Crippen molar-refractivity contribution < 1.29 is 18.0 Å². The van der Waals surface area contributed by atoms with E-state index >= 15 is 0 Å². The maximum Gasteiger partial charge on any atom is 0.435 e. The molecular weight excluding hydrogens is 387 g/mol. The third-order valence-electron chi connectivity index (χ3n) is 6.51. The van der Waals surface area contributed by atoms with E-state index in [-0.39, 0.29) is 17.4 Å². The highest BCUT2D eigenvalue weighted by Crippen LogP contribution is 2.53. The van der Waals surface area contributed by atoms with Crippen LogP contribution in [0.5, 0.6) is 0 Å². The van der Waals surface area contributed by atoms with E-state index in [1.165, 1.54) is 0 Å². The van der Waals surface area contributed by atoms with E-state index < -0.39 is 11.9 Å². The molecule has 2 saturated heterocycles. The summed E-state index contributed by atoms with van der Waals surface area (Å²) in [4.78, 5) is 16.5. The highest BCUT2D eigenvalue weighted by atomic mass is 19.4. The number of carbonyl (C=O) groups is 1. The number of hydrogen-bond donors (Lipinski definition) is 2. The van der Waals surface area contributed by atoms with Gasteiger partial charge in [-0.05, 0) is 37.7 Å². The van der Waals surface area contributed by atoms with Gasteiger partial charge in [0.15, 0.2) is 5.69 Å². The molecule has 2 aromatic heterocycles. The minimum atomic E-state index is -4.41. The molecule has 29 heavy (non-hydrogen) atoms. The fraction of sp³-hybridized carbons (Fsp3) is 0.667. The van der Waals surface area contributed by atoms with Crippen LogP contribution in [-0.2, 0) is 12.6 Å². The van der Waals surface area contributed by atoms with Crippen molar-refractivity contribution in [1.29, 1.82) is 0 Å². The van der Waals surface area contributed by atoms with Gasteiger partial charge in [-0.2, -0.15) is 33.7 Å². The molecule has 0 aromatic carbocycles. The van der Waals surface area contributed by atoms with Crippen LogP contribution in [0.4, 0.5) is 18.0 Å². The van der Waals surface area contributed by atoms with E-state index in [4.69, 9.17) is 0 Å². The zero-order chi connectivity index (χ0) is 20.2. The molecule has 0 radical (unpaired) electrons. The average molecular weight is 409 g/mol. The molecule has 0 unspecified atom stereocenters. The van der Waals surface area contributed by atoms with Crippen LogP contribution in [-0.4, -0.2) is 67.6 Å². The predicted octanol–water partition coefficient (Wildman–Crippen LogP) is 2.41. The van der Waals surface area contributed by atoms with Gasteiger partial charge in [0.1, 0.15) is 0 Å². The number of aromatic nitrogens is 5. The van der Waals surface area contributed by atoms with Crippen LogP contribution in [0.15, 0.2) is 12.3 Å². The summed E-state index contributed by atoms with van der Waals surface area (Å²) >= 11 is 0. The quantitative estimate of drug-likeness (QED) is 0.814. The van der Waals surface area contributed by atoms with Gasteiger partial charge in [-0.15, -0.1) is 0 Å². The van der Waals surface area contributed by atoms with E-state index in [1.54, 1.807) is 6.20 Å². The molecule has 1 aliphatic carbocycles. The molecule has 2 aromatic rings. The van der Waals surface area contributed by atoms with Gasteiger partial charge in [-0.3, -0.25) is 5.10 Å². The molecule has 5 rings (SSSR count). The van der Waals surface area contributed by atoms with Crippen LogP contribution in [0.1, 0.15) is 42.3 Å². The number of nitrogens with one attached hydrogen (secondary N) is 2. The number of hydrogen-bond acceptors (Lipinski definition) is 4. The molecule has 1 atom stereocenters. The zero-order valence-corrected chi connectivity index (χ0v) is 15.7. The average Bonchev–Trinajstić information content (AvgIpc) is 3.35. The van der Waals surface area contributed by atoms with Crippen molar-refractivity contribution in [3.8, 4) is 0 Å². The molecule has 156 valence electrons. The third-order valence-corrected chi connectivity index (χ3v) is 6.51. The second kappa shape index (κ2) is 6.46. The van der Waals surface area contributed by atoms with Gasteiger partial charge in [0.25, 0.3) is 0 Å². The van der Waals surface area contributed by atoms with Crippen LogP contribution in [0.2, 0.25) is 0 Å². The summed E-state index contributed by atoms with van der Waals surface area (Å²) in [5.74, 6) is 0.578. The Balaban J connectivity index is 1.08. The van der Waals surface area contributed by atoms with Crippen molar-refractivity contribution in [2.75, 3.05) is 26.2 Å². The Morgan fingerprint density at radius 2 is 2.03 bits per heavy atom. The smallest absolute Gasteiger partial charge is 0.324 e. The fourth-order valence-electron chi connectivity index (χ4n) is 5.17. The second-order valence-corrected chi connectivity index (χ2v) is 8.72. The van der Waals surface area contributed by atoms with Gasteiger partial charge in [0.2, 0.25) is 0 Å². The lowest BCUT2D eigenvalue weighted by atomic mass is 9.57. The number of likely N-dealkylation sites (tertiary alicyclic amines) is 2. The van der Waals surface area contributed by atoms with E-state index in [2.05, 4.69) is 25.6 Å². The van der Waals surface area contributed by atoms with Gasteiger partial charge >= 0.3 is 12.2 Å². The molecule has 1 saturated carbocycles. The molecule has 3 fully saturated rings. The summed E-state index contributed by atoms with van der Waals surface area (Å²) in [6, 6.07) is 1.17. The largest absolute Gasteiger partial charge is 0.435 e. The summed E-state index contributed by atoms with van der Waals surface area (Å²) < 4.78 is 37.9. The Morgan fingerprint density at radius 1 is 1.24 bits per heavy atom. The number of alkyl halides is 3. The molecule has 1 spiro atoms. The second-order valence-electron chi connectivity index (χ2n) is 8.72. The maximum atomic E-state index is 12.7. The van der Waals surface area contributed by atoms with E-state index in [1.807, 2.05) is 9.80 Å². The number of H-pyrrole nitrogens is 2. The highest BCUT2D eigenvalue weighted by molar-refractivity contribution is 5.76. The van der Waals surface area contributed by atoms with Crippen molar-refractivity contribution in [3.63, 3.8) is 0 Å². The molecule has 4 heterocycles. The SMILES string of the molecule is O=C(N1CC[C@H](c2cn[nH]n2)C1)N1CC2(CC(Cc3cc(C(F)(F)F)n[nH]3)C2)C1. The summed E-state index contributed by atoms with van der Waals surface area (Å²) in [6.07, 6.45) is 0.654. The van der Waals surface area contributed by atoms with Crippen molar-refractivity contribution in [1.82, 2.24) is 35.4 Å². The minimum Gasteiger partial charge on any atom is -0.324 e. The monoisotopic (exact) mass is 409 g/mol. The number of rotatable bonds is 3. The van der Waals surface area contributed by atoms with E-state index in [0.717, 1.165) is 50.7 Å². The Bertz CT molecular complexity index is 880. The lowest BCUT2D eigenvalue weighted by Gasteiger charge is -2.59. The number of aromatic amines is 2. The summed E-state index contributed by atoms with van der Waals surface area (Å²) in [5, 5.41) is 16.4. The first-order valence-corrected chi connectivity index (χ1v) is 9.82. The topological polar surface area (TPSA) is 93.8 Å². The standard InChI is InChI=1S/C18H22F3N7O/c19-18(20,21)15-4-13(23-25-15)3-11-5-17(6-11)9-28(10-17)16(29)27-2-1-12(8-27)14-7-22-26-24-14/h4,7,11-12H,1-3,5-6,8-10H2,(H,23,25)(H,22,24,26)/t12-/m0/s1. The lowest BCUT2D eigenvalue weighted by Crippen LogP contribution is -2.65. The van der Waals surface area contributed by atoms with Crippen molar-refractivity contribution in [2.24, 2.45) is 11.3 Å². The maximum absolute atomic E-state index is 12.7. The highest BCUT2D eigenvalue weighted by Gasteiger charge is 2.54. The lowest BCUT2D eigenvalue weighted by molar-refractivity contribution is -0.141. The van der Waals surface area contributed by atoms with E-state index in [0.29, 0.717) is 24.6 Å². The first-order chi connectivity index (χ1) is 13.8. The predicted molar refractivity (Wildman–Crippen MR) is 94.7 cm³/mol. The Hall–Kier alpha value is -2.59. The normalized spacial score (nSPS) is 24.0. The summed E-state index contributed by atoms with van der Waals surface area (Å²) in [7, 11) is 0. The molecule has 8 nitrogen and oxygen atoms in total. The van der Waals surface area contributed by atoms with Gasteiger partial charge in [0.05, 0.1) is 11.9 Å². The molecule has 3 aliphatic rings. The molecule has 11 heteroatoms. The number of amides is 2. The minimum absolute atomic E-state index is 0.0773. The van der Waals surface area contributed by atoms with Gasteiger partial charge in [-0.25, -0.2) is 4.79 Å². The van der Waals surface area contributed by atoms with Gasteiger partial charge in [-0.1, -0.05) is 0 Å². The molecular formula is C18H22F3N7O. The molecule has 2 amide bonds. The first kappa shape index (κ1) is 18.4. The molecule has 2 aliphatic heterocycles. The molecule has 0 bridgehead atoms. The van der Waals surface area contributed by atoms with Crippen molar-refractivity contribution in [2.45, 2.75) is 37.8 Å². The zero-order valence-electron chi connectivity index (χ0n) is 15.7. The summed E-state index contributed by atoms with van der Waals surface area (Å²) in [6.45, 7) is 2.87. The van der Waals surface area contributed by atoms with Crippen LogP contribution < -0.4 is 0 Å². The number of urea groups is 1. The van der Waals surface area contributed by atoms with Crippen molar-refractivity contribution >= 4 is 6.03 Å². The van der Waals surface area contributed by atoms with Crippen LogP contribution in [0.25, 0.3) is 0 Å². The van der Waals surface area contributed by atoms with Crippen LogP contribution in [0.3, 0.4) is 0 Å².